The lowest BCUT2D eigenvalue weighted by molar-refractivity contribution is -0.255. The second-order valence-electron chi connectivity index (χ2n) is 6.83. The fourth-order valence-corrected chi connectivity index (χ4v) is 5.41. The van der Waals surface area contributed by atoms with Crippen molar-refractivity contribution in [2.24, 2.45) is 0 Å². The third-order valence-electron chi connectivity index (χ3n) is 4.45. The highest BCUT2D eigenvalue weighted by Crippen LogP contribution is 2.22. The van der Waals surface area contributed by atoms with Gasteiger partial charge in [0.2, 0.25) is 0 Å². The molecule has 0 bridgehead atoms. The van der Waals surface area contributed by atoms with E-state index in [9.17, 15) is 23.1 Å². The van der Waals surface area contributed by atoms with Gasteiger partial charge in [-0.3, -0.25) is 4.79 Å². The summed E-state index contributed by atoms with van der Waals surface area (Å²) in [5, 5.41) is 13.6. The second kappa shape index (κ2) is 9.80. The lowest BCUT2D eigenvalue weighted by Crippen LogP contribution is -2.22. The van der Waals surface area contributed by atoms with Crippen LogP contribution in [0.1, 0.15) is 26.3 Å². The highest BCUT2D eigenvalue weighted by Gasteiger charge is 2.14. The third-order valence-corrected chi connectivity index (χ3v) is 7.44. The van der Waals surface area contributed by atoms with Crippen molar-refractivity contribution in [2.75, 3.05) is 16.8 Å². The summed E-state index contributed by atoms with van der Waals surface area (Å²) in [6.07, 6.45) is 0. The van der Waals surface area contributed by atoms with Crippen LogP contribution >= 0.6 is 11.8 Å². The number of rotatable bonds is 8. The molecule has 0 spiro atoms. The number of amides is 1. The fourth-order valence-electron chi connectivity index (χ4n) is 2.79. The molecule has 0 aliphatic rings. The summed E-state index contributed by atoms with van der Waals surface area (Å²) in [5.41, 5.74) is 1.69. The summed E-state index contributed by atoms with van der Waals surface area (Å²) in [7, 11) is -3.38. The smallest absolute Gasteiger partial charge is 0.255 e. The number of carboxylic acids is 1. The number of anilines is 1. The molecule has 0 radical (unpaired) electrons. The van der Waals surface area contributed by atoms with E-state index in [2.05, 4.69) is 5.32 Å². The molecule has 3 aromatic carbocycles. The lowest BCUT2D eigenvalue weighted by atomic mass is 10.2. The Morgan fingerprint density at radius 1 is 0.935 bits per heavy atom. The Balaban J connectivity index is 1.62. The number of aryl methyl sites for hydroxylation is 1. The number of aromatic carboxylic acids is 1. The average molecular weight is 455 g/mol. The van der Waals surface area contributed by atoms with E-state index in [-0.39, 0.29) is 11.3 Å². The van der Waals surface area contributed by atoms with Crippen LogP contribution in [-0.4, -0.2) is 31.8 Å². The summed E-state index contributed by atoms with van der Waals surface area (Å²) < 4.78 is 24.9. The summed E-state index contributed by atoms with van der Waals surface area (Å²) in [6, 6.07) is 19.4. The first-order valence-corrected chi connectivity index (χ1v) is 12.0. The molecule has 8 heteroatoms. The normalized spacial score (nSPS) is 11.1. The molecule has 0 atom stereocenters. The standard InChI is InChI=1S/C23H21NO5S2/c1-16-8-10-21(11-9-16)31(28,29)13-12-30-20-7-3-4-17(15-20)22(25)24-19-6-2-5-18(14-19)23(26)27/h2-11,14-15H,12-13H2,1H3,(H,24,25)(H,26,27)/p-1. The molecule has 0 aliphatic carbocycles. The number of thioether (sulfide) groups is 1. The summed E-state index contributed by atoms with van der Waals surface area (Å²) in [5.74, 6) is -1.40. The van der Waals surface area contributed by atoms with Gasteiger partial charge in [0.25, 0.3) is 5.91 Å². The van der Waals surface area contributed by atoms with Crippen LogP contribution in [0.25, 0.3) is 0 Å². The molecular weight excluding hydrogens is 434 g/mol. The SMILES string of the molecule is Cc1ccc(S(=O)(=O)CCSc2cccc(C(=O)Nc3cccc(C(=O)[O-])c3)c2)cc1. The zero-order valence-corrected chi connectivity index (χ0v) is 18.3. The quantitative estimate of drug-likeness (QED) is 0.525. The summed E-state index contributed by atoms with van der Waals surface area (Å²) >= 11 is 1.34. The van der Waals surface area contributed by atoms with Crippen LogP contribution in [0.2, 0.25) is 0 Å². The number of nitrogens with one attached hydrogen (secondary N) is 1. The van der Waals surface area contributed by atoms with E-state index >= 15 is 0 Å². The fraction of sp³-hybridized carbons (Fsp3) is 0.130. The molecule has 0 saturated carbocycles. The van der Waals surface area contributed by atoms with Gasteiger partial charge in [0, 0.05) is 21.9 Å². The van der Waals surface area contributed by atoms with Crippen molar-refractivity contribution in [3.63, 3.8) is 0 Å². The van der Waals surface area contributed by atoms with Crippen molar-refractivity contribution in [2.45, 2.75) is 16.7 Å². The lowest BCUT2D eigenvalue weighted by Gasteiger charge is -2.09. The van der Waals surface area contributed by atoms with Gasteiger partial charge in [-0.15, -0.1) is 11.8 Å². The van der Waals surface area contributed by atoms with Crippen LogP contribution in [0.4, 0.5) is 5.69 Å². The average Bonchev–Trinajstić information content (AvgIpc) is 2.74. The molecule has 0 aliphatic heterocycles. The number of carbonyl (C=O) groups is 2. The minimum atomic E-state index is -3.38. The van der Waals surface area contributed by atoms with Crippen LogP contribution in [0.5, 0.6) is 0 Å². The molecule has 0 saturated heterocycles. The van der Waals surface area contributed by atoms with E-state index in [0.717, 1.165) is 10.5 Å². The van der Waals surface area contributed by atoms with E-state index in [4.69, 9.17) is 0 Å². The van der Waals surface area contributed by atoms with Crippen molar-refractivity contribution in [1.29, 1.82) is 0 Å². The molecule has 160 valence electrons. The van der Waals surface area contributed by atoms with Crippen LogP contribution in [-0.2, 0) is 9.84 Å². The van der Waals surface area contributed by atoms with Gasteiger partial charge in [-0.2, -0.15) is 0 Å². The van der Waals surface area contributed by atoms with Gasteiger partial charge in [-0.25, -0.2) is 8.42 Å². The Labute approximate surface area is 185 Å². The Morgan fingerprint density at radius 3 is 2.32 bits per heavy atom. The van der Waals surface area contributed by atoms with Crippen LogP contribution in [0, 0.1) is 6.92 Å². The largest absolute Gasteiger partial charge is 0.545 e. The van der Waals surface area contributed by atoms with Gasteiger partial charge in [0.1, 0.15) is 0 Å². The van der Waals surface area contributed by atoms with Gasteiger partial charge < -0.3 is 15.2 Å². The van der Waals surface area contributed by atoms with Crippen LogP contribution < -0.4 is 10.4 Å². The van der Waals surface area contributed by atoms with Crippen molar-refractivity contribution in [3.05, 3.63) is 89.5 Å². The highest BCUT2D eigenvalue weighted by atomic mass is 32.2. The molecule has 0 unspecified atom stereocenters. The first-order chi connectivity index (χ1) is 14.7. The summed E-state index contributed by atoms with van der Waals surface area (Å²) in [4.78, 5) is 24.5. The highest BCUT2D eigenvalue weighted by molar-refractivity contribution is 8.00. The molecule has 3 aromatic rings. The Kier molecular flexibility index (Phi) is 7.14. The molecular formula is C23H20NO5S2-. The monoisotopic (exact) mass is 454 g/mol. The van der Waals surface area contributed by atoms with E-state index in [0.29, 0.717) is 21.9 Å². The number of carbonyl (C=O) groups excluding carboxylic acids is 2. The molecule has 6 nitrogen and oxygen atoms in total. The topological polar surface area (TPSA) is 103 Å². The Morgan fingerprint density at radius 2 is 1.61 bits per heavy atom. The molecule has 0 heterocycles. The van der Waals surface area contributed by atoms with E-state index in [1.165, 1.54) is 30.0 Å². The maximum absolute atomic E-state index is 12.5. The minimum absolute atomic E-state index is 0.0207. The molecule has 0 fully saturated rings. The van der Waals surface area contributed by atoms with E-state index in [1.807, 2.05) is 6.92 Å². The number of hydrogen-bond acceptors (Lipinski definition) is 6. The molecule has 31 heavy (non-hydrogen) atoms. The van der Waals surface area contributed by atoms with Crippen molar-refractivity contribution in [1.82, 2.24) is 0 Å². The molecule has 1 amide bonds. The van der Waals surface area contributed by atoms with E-state index in [1.54, 1.807) is 54.6 Å². The van der Waals surface area contributed by atoms with Crippen LogP contribution in [0.15, 0.2) is 82.6 Å². The van der Waals surface area contributed by atoms with Crippen molar-refractivity contribution >= 4 is 39.2 Å². The Bertz CT molecular complexity index is 1200. The van der Waals surface area contributed by atoms with Gasteiger partial charge in [-0.05, 0) is 55.0 Å². The minimum Gasteiger partial charge on any atom is -0.545 e. The number of carboxylic acid groups (broad SMARTS) is 1. The summed E-state index contributed by atoms with van der Waals surface area (Å²) in [6.45, 7) is 1.90. The van der Waals surface area contributed by atoms with Gasteiger partial charge in [0.05, 0.1) is 16.6 Å². The first kappa shape index (κ1) is 22.6. The van der Waals surface area contributed by atoms with Gasteiger partial charge in [-0.1, -0.05) is 35.9 Å². The maximum atomic E-state index is 12.5. The zero-order valence-electron chi connectivity index (χ0n) is 16.7. The predicted octanol–water partition coefficient (Wildman–Crippen LogP) is 3.18. The van der Waals surface area contributed by atoms with Crippen molar-refractivity contribution < 1.29 is 23.1 Å². The van der Waals surface area contributed by atoms with Gasteiger partial charge >= 0.3 is 0 Å². The maximum Gasteiger partial charge on any atom is 0.255 e. The van der Waals surface area contributed by atoms with E-state index < -0.39 is 21.7 Å². The number of hydrogen-bond donors (Lipinski definition) is 1. The molecule has 0 aromatic heterocycles. The third kappa shape index (κ3) is 6.19. The van der Waals surface area contributed by atoms with Crippen molar-refractivity contribution in [3.8, 4) is 0 Å². The number of sulfone groups is 1. The number of benzene rings is 3. The Hall–Kier alpha value is -3.10. The predicted molar refractivity (Wildman–Crippen MR) is 119 cm³/mol. The second-order valence-corrected chi connectivity index (χ2v) is 10.1. The first-order valence-electron chi connectivity index (χ1n) is 9.40. The van der Waals surface area contributed by atoms with Gasteiger partial charge in [0.15, 0.2) is 9.84 Å². The zero-order chi connectivity index (χ0) is 22.4. The molecule has 1 N–H and O–H groups in total. The molecule has 3 rings (SSSR count). The van der Waals surface area contributed by atoms with Crippen LogP contribution in [0.3, 0.4) is 0 Å².